The number of anilines is 1. The zero-order chi connectivity index (χ0) is 28.9. The monoisotopic (exact) mass is 580 g/mol. The summed E-state index contributed by atoms with van der Waals surface area (Å²) in [5.74, 6) is -0.236. The van der Waals surface area contributed by atoms with Crippen LogP contribution in [0, 0.1) is 0 Å². The van der Waals surface area contributed by atoms with Crippen LogP contribution in [0.5, 0.6) is 0 Å². The summed E-state index contributed by atoms with van der Waals surface area (Å²) in [6, 6.07) is 17.3. The Morgan fingerprint density at radius 1 is 0.800 bits per heavy atom. The lowest BCUT2D eigenvalue weighted by Crippen LogP contribution is -2.47. The average Bonchev–Trinajstić information content (AvgIpc) is 3.46. The predicted molar refractivity (Wildman–Crippen MR) is 143 cm³/mol. The summed E-state index contributed by atoms with van der Waals surface area (Å²) in [5, 5.41) is 11.5. The molecule has 0 aliphatic carbocycles. The molecule has 0 saturated carbocycles. The van der Waals surface area contributed by atoms with Crippen molar-refractivity contribution in [2.75, 3.05) is 11.9 Å². The van der Waals surface area contributed by atoms with Crippen molar-refractivity contribution in [2.24, 2.45) is 0 Å². The highest BCUT2D eigenvalue weighted by Crippen LogP contribution is 2.38. The zero-order valence-corrected chi connectivity index (χ0v) is 21.8. The highest BCUT2D eigenvalue weighted by Gasteiger charge is 2.37. The summed E-state index contributed by atoms with van der Waals surface area (Å²) in [4.78, 5) is 13.1. The molecule has 5 nitrogen and oxygen atoms in total. The normalized spacial score (nSPS) is 17.1. The second-order valence-corrected chi connectivity index (χ2v) is 9.74. The van der Waals surface area contributed by atoms with E-state index in [9.17, 15) is 31.1 Å². The van der Waals surface area contributed by atoms with Crippen LogP contribution in [0.3, 0.4) is 0 Å². The SMILES string of the molecule is O=C(N[C@@H](c1ccccc1)[C@@H](NC(=S)Nc1cc(C(F)(F)F)cc(C(F)(F)F)c1)c1ccccc1)C1CCCN1. The fourth-order valence-corrected chi connectivity index (χ4v) is 4.78. The largest absolute Gasteiger partial charge is 0.416 e. The minimum atomic E-state index is -5.00. The van der Waals surface area contributed by atoms with E-state index in [0.29, 0.717) is 30.7 Å². The van der Waals surface area contributed by atoms with E-state index in [2.05, 4.69) is 21.3 Å². The first-order valence-electron chi connectivity index (χ1n) is 12.4. The number of halogens is 6. The number of carbonyl (C=O) groups is 1. The minimum Gasteiger partial charge on any atom is -0.353 e. The second-order valence-electron chi connectivity index (χ2n) is 9.33. The molecule has 40 heavy (non-hydrogen) atoms. The van der Waals surface area contributed by atoms with Crippen LogP contribution < -0.4 is 21.3 Å². The number of rotatable bonds is 7. The summed E-state index contributed by atoms with van der Waals surface area (Å²) >= 11 is 5.37. The topological polar surface area (TPSA) is 65.2 Å². The fourth-order valence-electron chi connectivity index (χ4n) is 4.54. The third-order valence-electron chi connectivity index (χ3n) is 6.46. The van der Waals surface area contributed by atoms with Crippen LogP contribution in [0.1, 0.15) is 47.2 Å². The van der Waals surface area contributed by atoms with Gasteiger partial charge in [-0.05, 0) is 60.9 Å². The fraction of sp³-hybridized carbons (Fsp3) is 0.286. The lowest BCUT2D eigenvalue weighted by Gasteiger charge is -2.32. The number of benzene rings is 3. The van der Waals surface area contributed by atoms with E-state index < -0.39 is 47.3 Å². The standard InChI is InChI=1S/C28H26F6N4OS/c29-27(30,31)19-14-20(28(32,33)34)16-21(15-19)36-26(40)38-24(18-10-5-2-6-11-18)23(17-8-3-1-4-9-17)37-25(39)22-12-7-13-35-22/h1-6,8-11,14-16,22-24,35H,7,12-13H2,(H,37,39)(H2,36,38,40)/t22?,23-,24-/m0/s1. The number of hydrogen-bond acceptors (Lipinski definition) is 3. The maximum Gasteiger partial charge on any atom is 0.416 e. The Labute approximate surface area is 232 Å². The molecule has 1 saturated heterocycles. The summed E-state index contributed by atoms with van der Waals surface area (Å²) in [6.45, 7) is 0.708. The van der Waals surface area contributed by atoms with Gasteiger partial charge in [-0.2, -0.15) is 26.3 Å². The van der Waals surface area contributed by atoms with Crippen molar-refractivity contribution in [1.82, 2.24) is 16.0 Å². The van der Waals surface area contributed by atoms with Crippen LogP contribution in [-0.2, 0) is 17.1 Å². The Morgan fingerprint density at radius 3 is 1.75 bits per heavy atom. The first kappa shape index (κ1) is 29.3. The molecule has 1 aliphatic heterocycles. The van der Waals surface area contributed by atoms with E-state index in [-0.39, 0.29) is 17.1 Å². The van der Waals surface area contributed by atoms with E-state index in [1.54, 1.807) is 42.5 Å². The third kappa shape index (κ3) is 7.51. The molecule has 1 heterocycles. The summed E-state index contributed by atoms with van der Waals surface area (Å²) in [5.41, 5.74) is -2.02. The number of hydrogen-bond donors (Lipinski definition) is 4. The third-order valence-corrected chi connectivity index (χ3v) is 6.68. The lowest BCUT2D eigenvalue weighted by atomic mass is 9.93. The molecule has 212 valence electrons. The van der Waals surface area contributed by atoms with Gasteiger partial charge in [0, 0.05) is 5.69 Å². The number of thiocarbonyl (C=S) groups is 1. The first-order valence-corrected chi connectivity index (χ1v) is 12.8. The highest BCUT2D eigenvalue weighted by molar-refractivity contribution is 7.80. The van der Waals surface area contributed by atoms with Crippen LogP contribution in [0.4, 0.5) is 32.0 Å². The van der Waals surface area contributed by atoms with Crippen molar-refractivity contribution in [3.8, 4) is 0 Å². The van der Waals surface area contributed by atoms with Crippen molar-refractivity contribution in [1.29, 1.82) is 0 Å². The van der Waals surface area contributed by atoms with Gasteiger partial charge in [0.05, 0.1) is 29.3 Å². The van der Waals surface area contributed by atoms with Crippen LogP contribution in [0.25, 0.3) is 0 Å². The molecule has 3 aromatic rings. The van der Waals surface area contributed by atoms with Gasteiger partial charge in [0.1, 0.15) is 0 Å². The van der Waals surface area contributed by atoms with Crippen LogP contribution >= 0.6 is 12.2 Å². The molecule has 0 aromatic heterocycles. The molecule has 3 aromatic carbocycles. The predicted octanol–water partition coefficient (Wildman–Crippen LogP) is 6.36. The molecule has 1 unspecified atom stereocenters. The van der Waals surface area contributed by atoms with Crippen molar-refractivity contribution < 1.29 is 31.1 Å². The van der Waals surface area contributed by atoms with Gasteiger partial charge in [0.15, 0.2) is 5.11 Å². The van der Waals surface area contributed by atoms with Gasteiger partial charge < -0.3 is 21.3 Å². The van der Waals surface area contributed by atoms with Gasteiger partial charge in [-0.15, -0.1) is 0 Å². The van der Waals surface area contributed by atoms with Crippen LogP contribution in [0.2, 0.25) is 0 Å². The molecule has 12 heteroatoms. The Morgan fingerprint density at radius 2 is 1.30 bits per heavy atom. The first-order chi connectivity index (χ1) is 18.9. The van der Waals surface area contributed by atoms with Crippen LogP contribution in [-0.4, -0.2) is 23.6 Å². The molecular weight excluding hydrogens is 554 g/mol. The number of nitrogens with one attached hydrogen (secondary N) is 4. The second kappa shape index (κ2) is 12.3. The van der Waals surface area contributed by atoms with E-state index in [1.165, 1.54) is 0 Å². The maximum absolute atomic E-state index is 13.4. The maximum atomic E-state index is 13.4. The van der Waals surface area contributed by atoms with Gasteiger partial charge in [-0.3, -0.25) is 4.79 Å². The molecule has 3 atom stereocenters. The Kier molecular flexibility index (Phi) is 8.99. The highest BCUT2D eigenvalue weighted by atomic mass is 32.1. The molecular formula is C28H26F6N4OS. The minimum absolute atomic E-state index is 0.0481. The van der Waals surface area contributed by atoms with Gasteiger partial charge >= 0.3 is 12.4 Å². The molecule has 0 radical (unpaired) electrons. The molecule has 1 aliphatic rings. The summed E-state index contributed by atoms with van der Waals surface area (Å²) in [6.07, 6.45) is -8.50. The number of alkyl halides is 6. The molecule has 4 N–H and O–H groups in total. The quantitative estimate of drug-likeness (QED) is 0.194. The van der Waals surface area contributed by atoms with E-state index in [1.807, 2.05) is 18.2 Å². The lowest BCUT2D eigenvalue weighted by molar-refractivity contribution is -0.143. The Bertz CT molecular complexity index is 1280. The van der Waals surface area contributed by atoms with E-state index in [0.717, 1.165) is 12.0 Å². The summed E-state index contributed by atoms with van der Waals surface area (Å²) < 4.78 is 80.2. The molecule has 0 bridgehead atoms. The zero-order valence-electron chi connectivity index (χ0n) is 20.9. The molecule has 1 fully saturated rings. The van der Waals surface area contributed by atoms with Gasteiger partial charge in [0.2, 0.25) is 5.91 Å². The van der Waals surface area contributed by atoms with Crippen molar-refractivity contribution in [3.05, 3.63) is 101 Å². The molecule has 4 rings (SSSR count). The van der Waals surface area contributed by atoms with Crippen molar-refractivity contribution in [3.63, 3.8) is 0 Å². The number of carbonyl (C=O) groups excluding carboxylic acids is 1. The Balaban J connectivity index is 1.66. The molecule has 1 amide bonds. The van der Waals surface area contributed by atoms with Gasteiger partial charge in [0.25, 0.3) is 0 Å². The van der Waals surface area contributed by atoms with Crippen molar-refractivity contribution >= 4 is 28.9 Å². The van der Waals surface area contributed by atoms with E-state index in [4.69, 9.17) is 12.2 Å². The number of amides is 1. The van der Waals surface area contributed by atoms with Crippen molar-refractivity contribution in [2.45, 2.75) is 43.3 Å². The van der Waals surface area contributed by atoms with Gasteiger partial charge in [-0.1, -0.05) is 60.7 Å². The summed E-state index contributed by atoms with van der Waals surface area (Å²) in [7, 11) is 0. The van der Waals surface area contributed by atoms with Crippen LogP contribution in [0.15, 0.2) is 78.9 Å². The average molecular weight is 581 g/mol. The van der Waals surface area contributed by atoms with E-state index >= 15 is 0 Å². The van der Waals surface area contributed by atoms with Gasteiger partial charge in [-0.25, -0.2) is 0 Å². The Hall–Kier alpha value is -3.64. The molecule has 0 spiro atoms. The smallest absolute Gasteiger partial charge is 0.353 e.